The van der Waals surface area contributed by atoms with E-state index < -0.39 is 0 Å². The van der Waals surface area contributed by atoms with Crippen LogP contribution in [0.3, 0.4) is 0 Å². The first-order valence-electron chi connectivity index (χ1n) is 8.14. The van der Waals surface area contributed by atoms with Gasteiger partial charge in [0.25, 0.3) is 0 Å². The molecule has 3 aromatic rings. The fourth-order valence-electron chi connectivity index (χ4n) is 2.42. The van der Waals surface area contributed by atoms with E-state index in [0.717, 1.165) is 22.4 Å². The number of benzene rings is 3. The maximum atomic E-state index is 9.45. The first kappa shape index (κ1) is 17.8. The maximum absolute atomic E-state index is 9.45. The second kappa shape index (κ2) is 8.87. The third-order valence-electron chi connectivity index (χ3n) is 3.72. The molecule has 0 fully saturated rings. The number of nitrogens with two attached hydrogens (primary N) is 1. The van der Waals surface area contributed by atoms with Gasteiger partial charge in [0.1, 0.15) is 5.75 Å². The van der Waals surface area contributed by atoms with Gasteiger partial charge in [0.05, 0.1) is 6.21 Å². The van der Waals surface area contributed by atoms with Crippen molar-refractivity contribution < 1.29 is 5.11 Å². The van der Waals surface area contributed by atoms with E-state index in [1.165, 1.54) is 17.3 Å². The van der Waals surface area contributed by atoms with Crippen LogP contribution in [-0.2, 0) is 5.75 Å². The molecule has 0 saturated carbocycles. The lowest BCUT2D eigenvalue weighted by atomic mass is 10.0. The molecule has 5 heteroatoms. The molecule has 0 spiro atoms. The number of nitrogens with zero attached hydrogens (tertiary/aromatic N) is 2. The van der Waals surface area contributed by atoms with E-state index in [2.05, 4.69) is 22.3 Å². The van der Waals surface area contributed by atoms with Crippen molar-refractivity contribution in [2.24, 2.45) is 15.9 Å². The second-order valence-electron chi connectivity index (χ2n) is 5.59. The summed E-state index contributed by atoms with van der Waals surface area (Å²) < 4.78 is 0. The van der Waals surface area contributed by atoms with E-state index in [1.54, 1.807) is 18.3 Å². The van der Waals surface area contributed by atoms with Gasteiger partial charge in [0, 0.05) is 11.3 Å². The number of rotatable bonds is 5. The molecule has 0 saturated heterocycles. The Hall–Kier alpha value is -3.05. The number of phenols is 1. The van der Waals surface area contributed by atoms with Crippen molar-refractivity contribution in [2.75, 3.05) is 0 Å². The molecule has 3 aromatic carbocycles. The minimum absolute atomic E-state index is 0.243. The van der Waals surface area contributed by atoms with Crippen molar-refractivity contribution in [2.45, 2.75) is 5.75 Å². The van der Waals surface area contributed by atoms with E-state index in [0.29, 0.717) is 5.17 Å². The summed E-state index contributed by atoms with van der Waals surface area (Å²) in [5.41, 5.74) is 10.1. The van der Waals surface area contributed by atoms with Gasteiger partial charge in [-0.25, -0.2) is 0 Å². The molecule has 0 heterocycles. The van der Waals surface area contributed by atoms with E-state index in [4.69, 9.17) is 5.73 Å². The maximum Gasteiger partial charge on any atom is 0.180 e. The molecule has 0 amide bonds. The van der Waals surface area contributed by atoms with Gasteiger partial charge in [-0.05, 0) is 28.8 Å². The molecule has 0 atom stereocenters. The van der Waals surface area contributed by atoms with Crippen LogP contribution in [0.1, 0.15) is 11.1 Å². The fraction of sp³-hybridized carbons (Fsp3) is 0.0476. The van der Waals surface area contributed by atoms with Crippen LogP contribution >= 0.6 is 11.8 Å². The molecule has 0 aliphatic rings. The van der Waals surface area contributed by atoms with Crippen LogP contribution in [0.25, 0.3) is 11.1 Å². The molecular weight excluding hydrogens is 342 g/mol. The van der Waals surface area contributed by atoms with Crippen LogP contribution in [0.5, 0.6) is 5.75 Å². The monoisotopic (exact) mass is 361 g/mol. The lowest BCUT2D eigenvalue weighted by Crippen LogP contribution is -2.06. The van der Waals surface area contributed by atoms with E-state index in [9.17, 15) is 5.11 Å². The Bertz CT molecular complexity index is 906. The number of hydrogen-bond acceptors (Lipinski definition) is 4. The van der Waals surface area contributed by atoms with Gasteiger partial charge >= 0.3 is 0 Å². The summed E-state index contributed by atoms with van der Waals surface area (Å²) in [6, 6.07) is 25.1. The average molecular weight is 361 g/mol. The minimum atomic E-state index is 0.243. The highest BCUT2D eigenvalue weighted by Crippen LogP contribution is 2.24. The zero-order valence-corrected chi connectivity index (χ0v) is 14.9. The lowest BCUT2D eigenvalue weighted by molar-refractivity contribution is 0.475. The van der Waals surface area contributed by atoms with Crippen molar-refractivity contribution >= 4 is 23.1 Å². The quantitative estimate of drug-likeness (QED) is 0.395. The van der Waals surface area contributed by atoms with Gasteiger partial charge in [-0.15, -0.1) is 5.10 Å². The Balaban J connectivity index is 1.69. The van der Waals surface area contributed by atoms with Crippen LogP contribution in [0.2, 0.25) is 0 Å². The first-order valence-corrected chi connectivity index (χ1v) is 9.12. The summed E-state index contributed by atoms with van der Waals surface area (Å²) in [7, 11) is 0. The average Bonchev–Trinajstić information content (AvgIpc) is 2.68. The van der Waals surface area contributed by atoms with Crippen LogP contribution in [0.15, 0.2) is 89.1 Å². The highest BCUT2D eigenvalue weighted by molar-refractivity contribution is 8.13. The normalized spacial score (nSPS) is 11.8. The highest BCUT2D eigenvalue weighted by Gasteiger charge is 2.03. The lowest BCUT2D eigenvalue weighted by Gasteiger charge is -2.05. The fourth-order valence-corrected chi connectivity index (χ4v) is 3.03. The van der Waals surface area contributed by atoms with Crippen LogP contribution in [-0.4, -0.2) is 16.5 Å². The molecule has 0 aromatic heterocycles. The Morgan fingerprint density at radius 1 is 0.923 bits per heavy atom. The number of thioether (sulfide) groups is 1. The number of hydrogen-bond donors (Lipinski definition) is 2. The standard InChI is InChI=1S/C21H19N3OS/c22-21(26-15-16-6-2-1-3-7-16)24-23-14-18-8-4-5-9-20(18)17-10-12-19(25)13-11-17/h1-14,25H,15H2,(H2,22,24). The summed E-state index contributed by atoms with van der Waals surface area (Å²) in [5, 5.41) is 18.1. The van der Waals surface area contributed by atoms with Gasteiger partial charge in [-0.1, -0.05) is 78.5 Å². The van der Waals surface area contributed by atoms with Gasteiger partial charge in [-0.3, -0.25) is 0 Å². The van der Waals surface area contributed by atoms with Crippen molar-refractivity contribution in [3.8, 4) is 16.9 Å². The third kappa shape index (κ3) is 4.97. The Morgan fingerprint density at radius 2 is 1.62 bits per heavy atom. The van der Waals surface area contributed by atoms with Gasteiger partial charge in [-0.2, -0.15) is 5.10 Å². The van der Waals surface area contributed by atoms with Crippen LogP contribution in [0.4, 0.5) is 0 Å². The molecule has 0 aliphatic heterocycles. The predicted octanol–water partition coefficient (Wildman–Crippen LogP) is 4.64. The Kier molecular flexibility index (Phi) is 6.06. The van der Waals surface area contributed by atoms with Crippen molar-refractivity contribution in [1.82, 2.24) is 0 Å². The summed E-state index contributed by atoms with van der Waals surface area (Å²) in [6.07, 6.45) is 1.69. The van der Waals surface area contributed by atoms with Gasteiger partial charge < -0.3 is 10.8 Å². The van der Waals surface area contributed by atoms with Crippen molar-refractivity contribution in [1.29, 1.82) is 0 Å². The Morgan fingerprint density at radius 3 is 2.38 bits per heavy atom. The van der Waals surface area contributed by atoms with E-state index in [1.807, 2.05) is 54.6 Å². The molecule has 4 nitrogen and oxygen atoms in total. The molecule has 0 bridgehead atoms. The largest absolute Gasteiger partial charge is 0.508 e. The van der Waals surface area contributed by atoms with Gasteiger partial charge in [0.2, 0.25) is 0 Å². The summed E-state index contributed by atoms with van der Waals surface area (Å²) in [6.45, 7) is 0. The topological polar surface area (TPSA) is 71.0 Å². The molecule has 26 heavy (non-hydrogen) atoms. The van der Waals surface area contributed by atoms with Crippen LogP contribution < -0.4 is 5.73 Å². The SMILES string of the molecule is NC(=NN=Cc1ccccc1-c1ccc(O)cc1)SCc1ccccc1. The predicted molar refractivity (Wildman–Crippen MR) is 110 cm³/mol. The van der Waals surface area contributed by atoms with E-state index >= 15 is 0 Å². The summed E-state index contributed by atoms with van der Waals surface area (Å²) in [4.78, 5) is 0. The van der Waals surface area contributed by atoms with Crippen LogP contribution in [0, 0.1) is 0 Å². The highest BCUT2D eigenvalue weighted by atomic mass is 32.2. The molecule has 0 radical (unpaired) electrons. The first-order chi connectivity index (χ1) is 12.7. The number of amidine groups is 1. The number of phenolic OH excluding ortho intramolecular Hbond substituents is 1. The summed E-state index contributed by atoms with van der Waals surface area (Å²) >= 11 is 1.45. The molecule has 3 rings (SSSR count). The third-order valence-corrected chi connectivity index (χ3v) is 4.58. The number of aromatic hydroxyl groups is 1. The van der Waals surface area contributed by atoms with E-state index in [-0.39, 0.29) is 5.75 Å². The van der Waals surface area contributed by atoms with Gasteiger partial charge in [0.15, 0.2) is 5.17 Å². The second-order valence-corrected chi connectivity index (χ2v) is 6.59. The van der Waals surface area contributed by atoms with Crippen molar-refractivity contribution in [3.05, 3.63) is 90.0 Å². The molecule has 3 N–H and O–H groups in total. The Labute approximate surface area is 157 Å². The van der Waals surface area contributed by atoms with Crippen molar-refractivity contribution in [3.63, 3.8) is 0 Å². The molecule has 0 aliphatic carbocycles. The zero-order chi connectivity index (χ0) is 18.2. The molecular formula is C21H19N3OS. The minimum Gasteiger partial charge on any atom is -0.508 e. The molecule has 0 unspecified atom stereocenters. The smallest absolute Gasteiger partial charge is 0.180 e. The summed E-state index contributed by atoms with van der Waals surface area (Å²) in [5.74, 6) is 1.00. The molecule has 130 valence electrons. The zero-order valence-electron chi connectivity index (χ0n) is 14.1.